The van der Waals surface area contributed by atoms with Gasteiger partial charge in [0.05, 0.1) is 17.3 Å². The first-order valence-electron chi connectivity index (χ1n) is 6.81. The number of nitrogens with zero attached hydrogens (tertiary/aromatic N) is 2. The summed E-state index contributed by atoms with van der Waals surface area (Å²) in [6.07, 6.45) is 2.63. The monoisotopic (exact) mass is 286 g/mol. The Balaban J connectivity index is 1.91. The average molecular weight is 286 g/mol. The number of ether oxygens (including phenoxy) is 1. The Hall–Kier alpha value is -1.86. The molecule has 0 amide bonds. The van der Waals surface area contributed by atoms with Gasteiger partial charge in [-0.1, -0.05) is 31.0 Å². The quantitative estimate of drug-likeness (QED) is 0.809. The highest BCUT2D eigenvalue weighted by molar-refractivity contribution is 7.12. The number of benzene rings is 1. The van der Waals surface area contributed by atoms with Gasteiger partial charge >= 0.3 is 0 Å². The fourth-order valence-corrected chi connectivity index (χ4v) is 2.78. The molecule has 0 unspecified atom stereocenters. The van der Waals surface area contributed by atoms with Crippen LogP contribution in [0.3, 0.4) is 0 Å². The van der Waals surface area contributed by atoms with E-state index in [9.17, 15) is 0 Å². The number of thiazole rings is 1. The standard InChI is InChI=1S/C16H18N2OS/c1-3-4-14-15(11-17)20-16(18-14)9-10-19-13-7-5-12(2)6-8-13/h5-8H,3-4,9-10H2,1-2H3. The lowest BCUT2D eigenvalue weighted by Crippen LogP contribution is -2.01. The maximum Gasteiger partial charge on any atom is 0.128 e. The lowest BCUT2D eigenvalue weighted by atomic mass is 10.2. The molecular weight excluding hydrogens is 268 g/mol. The van der Waals surface area contributed by atoms with Gasteiger partial charge in [-0.15, -0.1) is 11.3 Å². The van der Waals surface area contributed by atoms with Crippen LogP contribution in [-0.2, 0) is 12.8 Å². The van der Waals surface area contributed by atoms with Crippen molar-refractivity contribution in [3.05, 3.63) is 45.4 Å². The van der Waals surface area contributed by atoms with Crippen LogP contribution in [0.5, 0.6) is 5.75 Å². The van der Waals surface area contributed by atoms with Crippen LogP contribution in [0.1, 0.15) is 34.5 Å². The lowest BCUT2D eigenvalue weighted by molar-refractivity contribution is 0.321. The predicted octanol–water partition coefficient (Wildman–Crippen LogP) is 3.90. The smallest absolute Gasteiger partial charge is 0.128 e. The van der Waals surface area contributed by atoms with Gasteiger partial charge in [-0.25, -0.2) is 4.98 Å². The van der Waals surface area contributed by atoms with E-state index in [0.29, 0.717) is 6.61 Å². The maximum atomic E-state index is 9.08. The van der Waals surface area contributed by atoms with Crippen molar-refractivity contribution in [1.29, 1.82) is 5.26 Å². The molecule has 0 radical (unpaired) electrons. The molecule has 1 heterocycles. The Morgan fingerprint density at radius 3 is 2.65 bits per heavy atom. The minimum atomic E-state index is 0.590. The van der Waals surface area contributed by atoms with E-state index in [4.69, 9.17) is 10.00 Å². The Morgan fingerprint density at radius 1 is 1.25 bits per heavy atom. The highest BCUT2D eigenvalue weighted by Crippen LogP contribution is 2.20. The third-order valence-corrected chi connectivity index (χ3v) is 4.00. The second-order valence-corrected chi connectivity index (χ2v) is 5.74. The number of aryl methyl sites for hydroxylation is 2. The number of rotatable bonds is 6. The highest BCUT2D eigenvalue weighted by Gasteiger charge is 2.10. The van der Waals surface area contributed by atoms with Gasteiger partial charge < -0.3 is 4.74 Å². The molecule has 0 spiro atoms. The first-order valence-corrected chi connectivity index (χ1v) is 7.62. The molecule has 0 N–H and O–H groups in total. The van der Waals surface area contributed by atoms with E-state index in [-0.39, 0.29) is 0 Å². The van der Waals surface area contributed by atoms with Crippen molar-refractivity contribution in [3.63, 3.8) is 0 Å². The molecule has 1 aromatic carbocycles. The second kappa shape index (κ2) is 7.06. The number of hydrogen-bond acceptors (Lipinski definition) is 4. The minimum Gasteiger partial charge on any atom is -0.493 e. The van der Waals surface area contributed by atoms with Crippen molar-refractivity contribution in [3.8, 4) is 11.8 Å². The molecule has 0 saturated carbocycles. The summed E-state index contributed by atoms with van der Waals surface area (Å²) in [5.74, 6) is 0.876. The zero-order chi connectivity index (χ0) is 14.4. The van der Waals surface area contributed by atoms with Gasteiger partial charge in [0.15, 0.2) is 0 Å². The number of aromatic nitrogens is 1. The molecule has 0 aliphatic carbocycles. The van der Waals surface area contributed by atoms with E-state index in [0.717, 1.165) is 40.6 Å². The summed E-state index contributed by atoms with van der Waals surface area (Å²) in [5, 5.41) is 10.1. The van der Waals surface area contributed by atoms with E-state index in [1.54, 1.807) is 0 Å². The van der Waals surface area contributed by atoms with Gasteiger partial charge in [-0.3, -0.25) is 0 Å². The molecule has 104 valence electrons. The number of hydrogen-bond donors (Lipinski definition) is 0. The average Bonchev–Trinajstić information content (AvgIpc) is 2.84. The van der Waals surface area contributed by atoms with Crippen molar-refractivity contribution in [2.45, 2.75) is 33.1 Å². The molecule has 0 atom stereocenters. The molecule has 0 bridgehead atoms. The van der Waals surface area contributed by atoms with Gasteiger partial charge in [0.25, 0.3) is 0 Å². The molecule has 3 nitrogen and oxygen atoms in total. The molecule has 2 aromatic rings. The normalized spacial score (nSPS) is 10.2. The molecule has 1 aromatic heterocycles. The van der Waals surface area contributed by atoms with E-state index >= 15 is 0 Å². The predicted molar refractivity (Wildman–Crippen MR) is 81.2 cm³/mol. The third kappa shape index (κ3) is 3.82. The van der Waals surface area contributed by atoms with Crippen LogP contribution in [0.25, 0.3) is 0 Å². The van der Waals surface area contributed by atoms with Crippen molar-refractivity contribution < 1.29 is 4.74 Å². The van der Waals surface area contributed by atoms with Gasteiger partial charge in [-0.05, 0) is 25.5 Å². The Labute approximate surface area is 123 Å². The summed E-state index contributed by atoms with van der Waals surface area (Å²) in [7, 11) is 0. The molecule has 0 aliphatic heterocycles. The van der Waals surface area contributed by atoms with Crippen LogP contribution < -0.4 is 4.74 Å². The van der Waals surface area contributed by atoms with Crippen molar-refractivity contribution in [2.75, 3.05) is 6.61 Å². The van der Waals surface area contributed by atoms with Crippen LogP contribution in [0.4, 0.5) is 0 Å². The van der Waals surface area contributed by atoms with Crippen molar-refractivity contribution in [2.24, 2.45) is 0 Å². The Kier molecular flexibility index (Phi) is 5.14. The molecule has 0 aliphatic rings. The summed E-state index contributed by atoms with van der Waals surface area (Å²) < 4.78 is 5.69. The van der Waals surface area contributed by atoms with Crippen LogP contribution in [0.15, 0.2) is 24.3 Å². The topological polar surface area (TPSA) is 45.9 Å². The fraction of sp³-hybridized carbons (Fsp3) is 0.375. The van der Waals surface area contributed by atoms with Crippen LogP contribution in [0, 0.1) is 18.3 Å². The maximum absolute atomic E-state index is 9.08. The first-order chi connectivity index (χ1) is 9.72. The summed E-state index contributed by atoms with van der Waals surface area (Å²) in [4.78, 5) is 5.28. The van der Waals surface area contributed by atoms with Gasteiger partial charge in [0.1, 0.15) is 16.7 Å². The van der Waals surface area contributed by atoms with Crippen LogP contribution >= 0.6 is 11.3 Å². The largest absolute Gasteiger partial charge is 0.493 e. The number of nitriles is 1. The van der Waals surface area contributed by atoms with Gasteiger partial charge in [0.2, 0.25) is 0 Å². The SMILES string of the molecule is CCCc1nc(CCOc2ccc(C)cc2)sc1C#N. The summed E-state index contributed by atoms with van der Waals surface area (Å²) in [5.41, 5.74) is 2.16. The zero-order valence-electron chi connectivity index (χ0n) is 11.8. The summed E-state index contributed by atoms with van der Waals surface area (Å²) >= 11 is 1.48. The van der Waals surface area contributed by atoms with Crippen molar-refractivity contribution in [1.82, 2.24) is 4.98 Å². The second-order valence-electron chi connectivity index (χ2n) is 4.66. The van der Waals surface area contributed by atoms with Crippen LogP contribution in [0.2, 0.25) is 0 Å². The Bertz CT molecular complexity index is 596. The molecule has 20 heavy (non-hydrogen) atoms. The third-order valence-electron chi connectivity index (χ3n) is 2.94. The molecule has 0 saturated heterocycles. The van der Waals surface area contributed by atoms with Gasteiger partial charge in [0, 0.05) is 6.42 Å². The van der Waals surface area contributed by atoms with E-state index in [1.165, 1.54) is 16.9 Å². The Morgan fingerprint density at radius 2 is 2.00 bits per heavy atom. The summed E-state index contributed by atoms with van der Waals surface area (Å²) in [6.45, 7) is 4.74. The summed E-state index contributed by atoms with van der Waals surface area (Å²) in [6, 6.07) is 10.2. The molecule has 4 heteroatoms. The van der Waals surface area contributed by atoms with E-state index in [1.807, 2.05) is 24.3 Å². The molecule has 2 rings (SSSR count). The van der Waals surface area contributed by atoms with Gasteiger partial charge in [-0.2, -0.15) is 5.26 Å². The van der Waals surface area contributed by atoms with Crippen molar-refractivity contribution >= 4 is 11.3 Å². The highest BCUT2D eigenvalue weighted by atomic mass is 32.1. The first kappa shape index (κ1) is 14.5. The lowest BCUT2D eigenvalue weighted by Gasteiger charge is -2.04. The van der Waals surface area contributed by atoms with Crippen LogP contribution in [-0.4, -0.2) is 11.6 Å². The minimum absolute atomic E-state index is 0.590. The fourth-order valence-electron chi connectivity index (χ4n) is 1.89. The molecule has 0 fully saturated rings. The molecular formula is C16H18N2OS. The van der Waals surface area contributed by atoms with E-state index in [2.05, 4.69) is 24.9 Å². The zero-order valence-corrected chi connectivity index (χ0v) is 12.7. The van der Waals surface area contributed by atoms with E-state index < -0.39 is 0 Å².